The van der Waals surface area contributed by atoms with Crippen LogP contribution in [0.15, 0.2) is 14.6 Å². The van der Waals surface area contributed by atoms with Gasteiger partial charge in [-0.15, -0.1) is 0 Å². The first-order chi connectivity index (χ1) is 10.4. The molecule has 1 aromatic rings. The Hall–Kier alpha value is -2.10. The van der Waals surface area contributed by atoms with Gasteiger partial charge in [-0.05, 0) is 12.8 Å². The topological polar surface area (TPSA) is 115 Å². The molecule has 9 nitrogen and oxygen atoms in total. The molecule has 0 radical (unpaired) electrons. The number of rotatable bonds is 4. The van der Waals surface area contributed by atoms with E-state index in [9.17, 15) is 19.2 Å². The summed E-state index contributed by atoms with van der Waals surface area (Å²) < 4.78 is 1.95. The highest BCUT2D eigenvalue weighted by atomic mass is 32.2. The molecule has 2 rings (SSSR count). The molecule has 1 saturated carbocycles. The van der Waals surface area contributed by atoms with Crippen LogP contribution in [0.5, 0.6) is 0 Å². The van der Waals surface area contributed by atoms with Gasteiger partial charge in [0.1, 0.15) is 0 Å². The molecule has 0 unspecified atom stereocenters. The highest BCUT2D eigenvalue weighted by Crippen LogP contribution is 2.25. The van der Waals surface area contributed by atoms with E-state index in [0.717, 1.165) is 40.3 Å². The van der Waals surface area contributed by atoms with Gasteiger partial charge in [0.2, 0.25) is 11.8 Å². The van der Waals surface area contributed by atoms with Crippen molar-refractivity contribution < 1.29 is 9.59 Å². The summed E-state index contributed by atoms with van der Waals surface area (Å²) >= 11 is 0.904. The lowest BCUT2D eigenvalue weighted by Gasteiger charge is -2.23. The second-order valence-electron chi connectivity index (χ2n) is 5.03. The fourth-order valence-corrected chi connectivity index (χ4v) is 2.61. The molecule has 1 heterocycles. The highest BCUT2D eigenvalue weighted by molar-refractivity contribution is 7.99. The molecule has 1 fully saturated rings. The molecule has 2 amide bonds. The molecule has 10 heteroatoms. The van der Waals surface area contributed by atoms with Crippen LogP contribution in [-0.2, 0) is 23.7 Å². The van der Waals surface area contributed by atoms with Crippen LogP contribution in [0.3, 0.4) is 0 Å². The summed E-state index contributed by atoms with van der Waals surface area (Å²) in [6, 6.07) is 0. The summed E-state index contributed by atoms with van der Waals surface area (Å²) in [5.41, 5.74) is 3.56. The fourth-order valence-electron chi connectivity index (χ4n) is 1.83. The van der Waals surface area contributed by atoms with Crippen molar-refractivity contribution in [2.24, 2.45) is 20.0 Å². The van der Waals surface area contributed by atoms with Gasteiger partial charge in [-0.3, -0.25) is 29.8 Å². The quantitative estimate of drug-likeness (QED) is 0.515. The summed E-state index contributed by atoms with van der Waals surface area (Å²) in [7, 11) is 2.76. The predicted molar refractivity (Wildman–Crippen MR) is 79.1 cm³/mol. The number of hydrogen-bond donors (Lipinski definition) is 2. The largest absolute Gasteiger partial charge is 0.346 e. The summed E-state index contributed by atoms with van der Waals surface area (Å²) in [5, 5.41) is 3.86. The normalized spacial score (nSPS) is 14.3. The molecule has 120 valence electrons. The number of carbonyl (C=O) groups excluding carboxylic acids is 2. The van der Waals surface area contributed by atoms with E-state index < -0.39 is 17.2 Å². The molecule has 0 saturated heterocycles. The second kappa shape index (κ2) is 6.77. The monoisotopic (exact) mass is 327 g/mol. The minimum absolute atomic E-state index is 0.0226. The third-order valence-corrected chi connectivity index (χ3v) is 4.37. The Kier molecular flexibility index (Phi) is 5.01. The van der Waals surface area contributed by atoms with Crippen LogP contribution < -0.4 is 22.1 Å². The Morgan fingerprint density at radius 1 is 1.27 bits per heavy atom. The first-order valence-corrected chi connectivity index (χ1v) is 7.74. The van der Waals surface area contributed by atoms with Crippen molar-refractivity contribution in [2.45, 2.75) is 24.3 Å². The van der Waals surface area contributed by atoms with Crippen molar-refractivity contribution in [3.63, 3.8) is 0 Å². The Morgan fingerprint density at radius 2 is 1.95 bits per heavy atom. The van der Waals surface area contributed by atoms with Gasteiger partial charge in [-0.25, -0.2) is 9.48 Å². The van der Waals surface area contributed by atoms with Crippen molar-refractivity contribution in [2.75, 3.05) is 5.75 Å². The molecule has 1 aliphatic carbocycles. The smallest absolute Gasteiger partial charge is 0.273 e. The Bertz CT molecular complexity index is 706. The average Bonchev–Trinajstić information content (AvgIpc) is 2.43. The lowest BCUT2D eigenvalue weighted by molar-refractivity contribution is -0.132. The van der Waals surface area contributed by atoms with Crippen molar-refractivity contribution in [1.82, 2.24) is 25.2 Å². The molecule has 1 aliphatic rings. The summed E-state index contributed by atoms with van der Waals surface area (Å²) in [6.07, 6.45) is 2.71. The number of hydrogen-bond acceptors (Lipinski definition) is 6. The summed E-state index contributed by atoms with van der Waals surface area (Å²) in [6.45, 7) is 0. The van der Waals surface area contributed by atoms with E-state index >= 15 is 0 Å². The van der Waals surface area contributed by atoms with Crippen LogP contribution in [0.25, 0.3) is 0 Å². The maximum absolute atomic E-state index is 11.8. The first-order valence-electron chi connectivity index (χ1n) is 6.76. The van der Waals surface area contributed by atoms with Gasteiger partial charge in [-0.2, -0.15) is 5.10 Å². The van der Waals surface area contributed by atoms with Crippen molar-refractivity contribution in [1.29, 1.82) is 0 Å². The predicted octanol–water partition coefficient (Wildman–Crippen LogP) is -1.48. The number of aromatic nitrogens is 3. The Morgan fingerprint density at radius 3 is 2.55 bits per heavy atom. The lowest BCUT2D eigenvalue weighted by Crippen LogP contribution is -2.46. The number of amides is 2. The fraction of sp³-hybridized carbons (Fsp3) is 0.583. The molecule has 1 aromatic heterocycles. The molecule has 0 aliphatic heterocycles. The van der Waals surface area contributed by atoms with Gasteiger partial charge >= 0.3 is 5.69 Å². The number of nitrogens with one attached hydrogen (secondary N) is 2. The van der Waals surface area contributed by atoms with Gasteiger partial charge in [0.15, 0.2) is 5.03 Å². The molecule has 0 atom stereocenters. The van der Waals surface area contributed by atoms with Gasteiger partial charge in [-0.1, -0.05) is 18.2 Å². The first kappa shape index (κ1) is 16.3. The van der Waals surface area contributed by atoms with E-state index in [0.29, 0.717) is 0 Å². The molecule has 0 aromatic carbocycles. The van der Waals surface area contributed by atoms with E-state index in [4.69, 9.17) is 0 Å². The molecular formula is C12H17N5O4S. The van der Waals surface area contributed by atoms with Crippen molar-refractivity contribution >= 4 is 23.6 Å². The molecular weight excluding hydrogens is 310 g/mol. The van der Waals surface area contributed by atoms with E-state index in [-0.39, 0.29) is 22.6 Å². The van der Waals surface area contributed by atoms with Gasteiger partial charge in [0.25, 0.3) is 5.56 Å². The van der Waals surface area contributed by atoms with Crippen LogP contribution in [-0.4, -0.2) is 31.9 Å². The Labute approximate surface area is 130 Å². The molecule has 2 N–H and O–H groups in total. The van der Waals surface area contributed by atoms with Crippen molar-refractivity contribution in [3.8, 4) is 0 Å². The molecule has 22 heavy (non-hydrogen) atoms. The van der Waals surface area contributed by atoms with Gasteiger partial charge < -0.3 is 0 Å². The third-order valence-electron chi connectivity index (χ3n) is 3.43. The number of thioether (sulfide) groups is 1. The zero-order valence-electron chi connectivity index (χ0n) is 12.3. The zero-order valence-corrected chi connectivity index (χ0v) is 13.1. The van der Waals surface area contributed by atoms with Crippen LogP contribution in [0.4, 0.5) is 0 Å². The number of carbonyl (C=O) groups is 2. The summed E-state index contributed by atoms with van der Waals surface area (Å²) in [4.78, 5) is 46.5. The summed E-state index contributed by atoms with van der Waals surface area (Å²) in [5.74, 6) is -0.757. The van der Waals surface area contributed by atoms with E-state index in [1.54, 1.807) is 0 Å². The van der Waals surface area contributed by atoms with Crippen LogP contribution in [0.1, 0.15) is 19.3 Å². The minimum atomic E-state index is -0.556. The highest BCUT2D eigenvalue weighted by Gasteiger charge is 2.25. The number of hydrazine groups is 1. The lowest BCUT2D eigenvalue weighted by atomic mass is 9.85. The van der Waals surface area contributed by atoms with E-state index in [1.165, 1.54) is 14.1 Å². The van der Waals surface area contributed by atoms with E-state index in [1.807, 2.05) is 0 Å². The standard InChI is InChI=1S/C12H17N5O4S/c1-16-11(20)10(15-17(2)12(16)21)22-6-8(18)13-14-9(19)7-4-3-5-7/h7H,3-6H2,1-2H3,(H,13,18)(H,14,19). The van der Waals surface area contributed by atoms with Crippen LogP contribution >= 0.6 is 11.8 Å². The SMILES string of the molecule is Cn1nc(SCC(=O)NNC(=O)C2CCC2)c(=O)n(C)c1=O. The number of aryl methyl sites for hydroxylation is 1. The third kappa shape index (κ3) is 3.56. The Balaban J connectivity index is 1.87. The zero-order chi connectivity index (χ0) is 16.3. The number of nitrogens with zero attached hydrogens (tertiary/aromatic N) is 3. The van der Waals surface area contributed by atoms with Crippen LogP contribution in [0.2, 0.25) is 0 Å². The van der Waals surface area contributed by atoms with Crippen molar-refractivity contribution in [3.05, 3.63) is 20.8 Å². The molecule has 0 bridgehead atoms. The maximum Gasteiger partial charge on any atom is 0.346 e. The van der Waals surface area contributed by atoms with Gasteiger partial charge in [0.05, 0.1) is 5.75 Å². The van der Waals surface area contributed by atoms with Gasteiger partial charge in [0, 0.05) is 20.0 Å². The molecule has 0 spiro atoms. The maximum atomic E-state index is 11.8. The second-order valence-corrected chi connectivity index (χ2v) is 5.99. The van der Waals surface area contributed by atoms with E-state index in [2.05, 4.69) is 16.0 Å². The van der Waals surface area contributed by atoms with Crippen LogP contribution in [0, 0.1) is 5.92 Å². The minimum Gasteiger partial charge on any atom is -0.273 e. The average molecular weight is 327 g/mol.